The fraction of sp³-hybridized carbons (Fsp3) is 0.462. The maximum atomic E-state index is 13.1. The number of halogens is 3. The fourth-order valence-electron chi connectivity index (χ4n) is 2.43. The van der Waals surface area contributed by atoms with E-state index < -0.39 is 23.4 Å². The molecule has 18 heavy (non-hydrogen) atoms. The van der Waals surface area contributed by atoms with Crippen molar-refractivity contribution >= 4 is 5.91 Å². The summed E-state index contributed by atoms with van der Waals surface area (Å²) >= 11 is 0. The van der Waals surface area contributed by atoms with Crippen molar-refractivity contribution in [1.82, 2.24) is 4.90 Å². The van der Waals surface area contributed by atoms with Gasteiger partial charge in [0, 0.05) is 18.2 Å². The van der Waals surface area contributed by atoms with Gasteiger partial charge in [-0.3, -0.25) is 4.79 Å². The topological polar surface area (TPSA) is 20.3 Å². The van der Waals surface area contributed by atoms with Gasteiger partial charge in [0.2, 0.25) is 0 Å². The molecule has 1 aromatic rings. The molecule has 1 saturated heterocycles. The van der Waals surface area contributed by atoms with Gasteiger partial charge >= 0.3 is 0 Å². The third kappa shape index (κ3) is 2.21. The molecule has 0 aromatic heterocycles. The van der Waals surface area contributed by atoms with E-state index in [2.05, 4.69) is 0 Å². The first-order valence-electron chi connectivity index (χ1n) is 5.85. The molecular weight excluding hydrogens is 243 g/mol. The van der Waals surface area contributed by atoms with Gasteiger partial charge in [-0.2, -0.15) is 0 Å². The zero-order valence-corrected chi connectivity index (χ0v) is 10.2. The minimum atomic E-state index is -1.55. The lowest BCUT2D eigenvalue weighted by molar-refractivity contribution is 0.0742. The average Bonchev–Trinajstić information content (AvgIpc) is 2.63. The second-order valence-electron chi connectivity index (χ2n) is 4.90. The van der Waals surface area contributed by atoms with Gasteiger partial charge in [0.15, 0.2) is 17.5 Å². The summed E-state index contributed by atoms with van der Waals surface area (Å²) in [5.41, 5.74) is -0.146. The van der Waals surface area contributed by atoms with Gasteiger partial charge in [-0.15, -0.1) is 0 Å². The van der Waals surface area contributed by atoms with Gasteiger partial charge in [-0.1, -0.05) is 6.92 Å². The van der Waals surface area contributed by atoms with E-state index in [1.165, 1.54) is 0 Å². The van der Waals surface area contributed by atoms with Crippen molar-refractivity contribution < 1.29 is 18.0 Å². The molecule has 0 bridgehead atoms. The predicted octanol–water partition coefficient (Wildman–Crippen LogP) is 2.97. The Bertz CT molecular complexity index is 466. The number of hydrogen-bond acceptors (Lipinski definition) is 1. The molecule has 0 spiro atoms. The van der Waals surface area contributed by atoms with Crippen LogP contribution < -0.4 is 0 Å². The monoisotopic (exact) mass is 257 g/mol. The number of likely N-dealkylation sites (tertiary alicyclic amines) is 1. The lowest BCUT2D eigenvalue weighted by Crippen LogP contribution is -2.34. The SMILES string of the molecule is CC1CC(C)N(C(=O)c2cc(F)c(F)c(F)c2)C1. The summed E-state index contributed by atoms with van der Waals surface area (Å²) in [6.45, 7) is 4.45. The molecule has 0 saturated carbocycles. The summed E-state index contributed by atoms with van der Waals surface area (Å²) in [4.78, 5) is 13.7. The Morgan fingerprint density at radius 2 is 1.78 bits per heavy atom. The molecule has 1 fully saturated rings. The highest BCUT2D eigenvalue weighted by molar-refractivity contribution is 5.94. The number of carbonyl (C=O) groups excluding carboxylic acids is 1. The molecule has 0 N–H and O–H groups in total. The minimum Gasteiger partial charge on any atom is -0.336 e. The van der Waals surface area contributed by atoms with E-state index in [1.54, 1.807) is 4.90 Å². The molecule has 1 aromatic carbocycles. The van der Waals surface area contributed by atoms with Crippen LogP contribution in [-0.4, -0.2) is 23.4 Å². The first-order valence-corrected chi connectivity index (χ1v) is 5.85. The van der Waals surface area contributed by atoms with Crippen molar-refractivity contribution in [3.63, 3.8) is 0 Å². The van der Waals surface area contributed by atoms with Crippen molar-refractivity contribution in [3.8, 4) is 0 Å². The Morgan fingerprint density at radius 1 is 1.22 bits per heavy atom. The zero-order chi connectivity index (χ0) is 13.4. The largest absolute Gasteiger partial charge is 0.336 e. The minimum absolute atomic E-state index is 0.0312. The number of benzene rings is 1. The highest BCUT2D eigenvalue weighted by Gasteiger charge is 2.31. The average molecular weight is 257 g/mol. The van der Waals surface area contributed by atoms with Crippen molar-refractivity contribution in [1.29, 1.82) is 0 Å². The summed E-state index contributed by atoms with van der Waals surface area (Å²) in [6.07, 6.45) is 0.859. The molecule has 98 valence electrons. The second-order valence-corrected chi connectivity index (χ2v) is 4.90. The van der Waals surface area contributed by atoms with Crippen molar-refractivity contribution in [2.45, 2.75) is 26.3 Å². The first-order chi connectivity index (χ1) is 8.40. The van der Waals surface area contributed by atoms with E-state index in [-0.39, 0.29) is 11.6 Å². The van der Waals surface area contributed by atoms with Gasteiger partial charge in [0.1, 0.15) is 0 Å². The van der Waals surface area contributed by atoms with E-state index >= 15 is 0 Å². The Balaban J connectivity index is 2.29. The van der Waals surface area contributed by atoms with E-state index in [0.29, 0.717) is 12.5 Å². The highest BCUT2D eigenvalue weighted by atomic mass is 19.2. The van der Waals surface area contributed by atoms with Crippen LogP contribution in [0.25, 0.3) is 0 Å². The van der Waals surface area contributed by atoms with Gasteiger partial charge < -0.3 is 4.90 Å². The molecule has 1 heterocycles. The van der Waals surface area contributed by atoms with Gasteiger partial charge in [0.25, 0.3) is 5.91 Å². The maximum Gasteiger partial charge on any atom is 0.254 e. The number of nitrogens with zero attached hydrogens (tertiary/aromatic N) is 1. The van der Waals surface area contributed by atoms with Crippen molar-refractivity contribution in [2.24, 2.45) is 5.92 Å². The first kappa shape index (κ1) is 12.9. The second kappa shape index (κ2) is 4.63. The zero-order valence-electron chi connectivity index (χ0n) is 10.2. The predicted molar refractivity (Wildman–Crippen MR) is 60.6 cm³/mol. The van der Waals surface area contributed by atoms with E-state index in [9.17, 15) is 18.0 Å². The molecule has 2 unspecified atom stereocenters. The molecule has 1 aliphatic rings. The number of rotatable bonds is 1. The van der Waals surface area contributed by atoms with Gasteiger partial charge in [0.05, 0.1) is 0 Å². The van der Waals surface area contributed by atoms with Gasteiger partial charge in [-0.05, 0) is 31.4 Å². The summed E-state index contributed by atoms with van der Waals surface area (Å²) in [5, 5.41) is 0. The summed E-state index contributed by atoms with van der Waals surface area (Å²) in [5.74, 6) is -4.31. The van der Waals surface area contributed by atoms with E-state index in [1.807, 2.05) is 13.8 Å². The smallest absolute Gasteiger partial charge is 0.254 e. The van der Waals surface area contributed by atoms with Crippen LogP contribution in [-0.2, 0) is 0 Å². The summed E-state index contributed by atoms with van der Waals surface area (Å²) < 4.78 is 39.0. The molecule has 1 aliphatic heterocycles. The van der Waals surface area contributed by atoms with Crippen LogP contribution in [0.15, 0.2) is 12.1 Å². The van der Waals surface area contributed by atoms with Crippen LogP contribution in [0, 0.1) is 23.4 Å². The normalized spacial score (nSPS) is 23.5. The van der Waals surface area contributed by atoms with Crippen LogP contribution >= 0.6 is 0 Å². The van der Waals surface area contributed by atoms with E-state index in [4.69, 9.17) is 0 Å². The van der Waals surface area contributed by atoms with Crippen molar-refractivity contribution in [3.05, 3.63) is 35.1 Å². The maximum absolute atomic E-state index is 13.1. The Labute approximate surface area is 103 Å². The molecule has 5 heteroatoms. The summed E-state index contributed by atoms with van der Waals surface area (Å²) in [6, 6.07) is 1.52. The third-order valence-corrected chi connectivity index (χ3v) is 3.28. The van der Waals surface area contributed by atoms with E-state index in [0.717, 1.165) is 18.6 Å². The summed E-state index contributed by atoms with van der Waals surface area (Å²) in [7, 11) is 0. The standard InChI is InChI=1S/C13H14F3NO/c1-7-3-8(2)17(6-7)13(18)9-4-10(14)12(16)11(15)5-9/h4-5,7-8H,3,6H2,1-2H3. The number of amides is 1. The lowest BCUT2D eigenvalue weighted by atomic mass is 10.1. The molecule has 0 aliphatic carbocycles. The van der Waals surface area contributed by atoms with Gasteiger partial charge in [-0.25, -0.2) is 13.2 Å². The highest BCUT2D eigenvalue weighted by Crippen LogP contribution is 2.25. The molecule has 1 amide bonds. The Morgan fingerprint density at radius 3 is 2.22 bits per heavy atom. The fourth-order valence-corrected chi connectivity index (χ4v) is 2.43. The van der Waals surface area contributed by atoms with Crippen LogP contribution in [0.2, 0.25) is 0 Å². The third-order valence-electron chi connectivity index (χ3n) is 3.28. The molecule has 2 rings (SSSR count). The molecule has 2 nitrogen and oxygen atoms in total. The Hall–Kier alpha value is -1.52. The number of carbonyl (C=O) groups is 1. The van der Waals surface area contributed by atoms with Crippen LogP contribution in [0.1, 0.15) is 30.6 Å². The number of hydrogen-bond donors (Lipinski definition) is 0. The van der Waals surface area contributed by atoms with Crippen LogP contribution in [0.4, 0.5) is 13.2 Å². The molecular formula is C13H14F3NO. The molecule has 0 radical (unpaired) electrons. The molecule has 2 atom stereocenters. The Kier molecular flexibility index (Phi) is 3.32. The quantitative estimate of drug-likeness (QED) is 0.708. The van der Waals surface area contributed by atoms with Crippen LogP contribution in [0.5, 0.6) is 0 Å². The van der Waals surface area contributed by atoms with Crippen molar-refractivity contribution in [2.75, 3.05) is 6.54 Å². The lowest BCUT2D eigenvalue weighted by Gasteiger charge is -2.21. The van der Waals surface area contributed by atoms with Crippen LogP contribution in [0.3, 0.4) is 0 Å².